The molecular formula is C18H25ClN6O3S. The Hall–Kier alpha value is -1.56. The molecule has 9 nitrogen and oxygen atoms in total. The number of piperazine rings is 2. The van der Waals surface area contributed by atoms with Gasteiger partial charge in [0, 0.05) is 62.9 Å². The van der Waals surface area contributed by atoms with Crippen LogP contribution in [0.5, 0.6) is 0 Å². The van der Waals surface area contributed by atoms with Gasteiger partial charge < -0.3 is 9.42 Å². The lowest BCUT2D eigenvalue weighted by molar-refractivity contribution is 0.152. The second-order valence-corrected chi connectivity index (χ2v) is 9.77. The van der Waals surface area contributed by atoms with E-state index >= 15 is 0 Å². The van der Waals surface area contributed by atoms with Gasteiger partial charge in [-0.3, -0.25) is 4.90 Å². The summed E-state index contributed by atoms with van der Waals surface area (Å²) >= 11 is 5.91. The summed E-state index contributed by atoms with van der Waals surface area (Å²) in [4.78, 5) is 8.72. The maximum atomic E-state index is 12.9. The van der Waals surface area contributed by atoms with Crippen molar-refractivity contribution in [2.75, 3.05) is 59.4 Å². The molecule has 0 aliphatic carbocycles. The van der Waals surface area contributed by atoms with Crippen molar-refractivity contribution in [2.45, 2.75) is 6.54 Å². The lowest BCUT2D eigenvalue weighted by Crippen LogP contribution is -2.56. The number of aromatic nitrogens is 2. The smallest absolute Gasteiger partial charge is 0.282 e. The molecule has 2 aromatic rings. The monoisotopic (exact) mass is 440 g/mol. The van der Waals surface area contributed by atoms with Crippen LogP contribution in [0.15, 0.2) is 28.8 Å². The van der Waals surface area contributed by atoms with Crippen molar-refractivity contribution in [3.63, 3.8) is 0 Å². The summed E-state index contributed by atoms with van der Waals surface area (Å²) < 4.78 is 34.3. The van der Waals surface area contributed by atoms with Gasteiger partial charge in [0.25, 0.3) is 10.2 Å². The van der Waals surface area contributed by atoms with Gasteiger partial charge in [0.05, 0.1) is 6.54 Å². The van der Waals surface area contributed by atoms with Crippen molar-refractivity contribution < 1.29 is 12.9 Å². The van der Waals surface area contributed by atoms with Crippen molar-refractivity contribution in [2.24, 2.45) is 0 Å². The van der Waals surface area contributed by atoms with Crippen LogP contribution in [0.3, 0.4) is 0 Å². The average Bonchev–Trinajstić information content (AvgIpc) is 3.18. The van der Waals surface area contributed by atoms with Crippen molar-refractivity contribution in [3.8, 4) is 11.4 Å². The van der Waals surface area contributed by atoms with E-state index in [-0.39, 0.29) is 0 Å². The molecule has 1 aromatic heterocycles. The number of benzene rings is 1. The molecule has 4 rings (SSSR count). The standard InChI is InChI=1S/C18H25ClN6O3S/c1-22-6-10-24(11-7-22)29(26,27)25-12-8-23(9-13-25)14-17-20-18(21-28-17)15-2-4-16(19)5-3-15/h2-5H,6-14H2,1H3. The quantitative estimate of drug-likeness (QED) is 0.685. The summed E-state index contributed by atoms with van der Waals surface area (Å²) in [5.41, 5.74) is 0.840. The molecule has 11 heteroatoms. The second kappa shape index (κ2) is 8.66. The minimum Gasteiger partial charge on any atom is -0.338 e. The summed E-state index contributed by atoms with van der Waals surface area (Å²) in [5, 5.41) is 4.68. The van der Waals surface area contributed by atoms with Crippen molar-refractivity contribution in [3.05, 3.63) is 35.2 Å². The summed E-state index contributed by atoms with van der Waals surface area (Å²) in [6.45, 7) is 5.33. The lowest BCUT2D eigenvalue weighted by atomic mass is 10.2. The molecule has 2 fully saturated rings. The average molecular weight is 441 g/mol. The first-order valence-electron chi connectivity index (χ1n) is 9.66. The maximum Gasteiger partial charge on any atom is 0.282 e. The van der Waals surface area contributed by atoms with Gasteiger partial charge in [-0.05, 0) is 31.3 Å². The van der Waals surface area contributed by atoms with E-state index in [1.807, 2.05) is 19.2 Å². The van der Waals surface area contributed by atoms with Gasteiger partial charge in [0.2, 0.25) is 11.7 Å². The zero-order chi connectivity index (χ0) is 20.4. The molecule has 29 heavy (non-hydrogen) atoms. The summed E-state index contributed by atoms with van der Waals surface area (Å²) in [7, 11) is -1.38. The minimum atomic E-state index is -3.39. The first-order valence-corrected chi connectivity index (χ1v) is 11.4. The first-order chi connectivity index (χ1) is 13.9. The summed E-state index contributed by atoms with van der Waals surface area (Å²) in [6, 6.07) is 7.26. The minimum absolute atomic E-state index is 0.465. The van der Waals surface area contributed by atoms with E-state index in [0.29, 0.717) is 62.6 Å². The van der Waals surface area contributed by atoms with E-state index < -0.39 is 10.2 Å². The molecule has 2 aliphatic rings. The molecular weight excluding hydrogens is 416 g/mol. The van der Waals surface area contributed by atoms with Gasteiger partial charge in [-0.15, -0.1) is 0 Å². The lowest BCUT2D eigenvalue weighted by Gasteiger charge is -2.38. The Kier molecular flexibility index (Phi) is 6.19. The number of hydrogen-bond donors (Lipinski definition) is 0. The Morgan fingerprint density at radius 1 is 0.966 bits per heavy atom. The van der Waals surface area contributed by atoms with Gasteiger partial charge in [-0.2, -0.15) is 22.0 Å². The van der Waals surface area contributed by atoms with Crippen LogP contribution in [-0.2, 0) is 16.8 Å². The first kappa shape index (κ1) is 20.7. The fraction of sp³-hybridized carbons (Fsp3) is 0.556. The van der Waals surface area contributed by atoms with Crippen LogP contribution in [-0.4, -0.2) is 96.4 Å². The van der Waals surface area contributed by atoms with Gasteiger partial charge in [-0.25, -0.2) is 0 Å². The third kappa shape index (κ3) is 4.79. The highest BCUT2D eigenvalue weighted by atomic mass is 35.5. The number of halogens is 1. The number of likely N-dealkylation sites (N-methyl/N-ethyl adjacent to an activating group) is 1. The van der Waals surface area contributed by atoms with Gasteiger partial charge in [0.15, 0.2) is 0 Å². The van der Waals surface area contributed by atoms with Crippen LogP contribution >= 0.6 is 11.6 Å². The predicted molar refractivity (Wildman–Crippen MR) is 110 cm³/mol. The molecule has 158 valence electrons. The summed E-state index contributed by atoms with van der Waals surface area (Å²) in [5.74, 6) is 1.04. The zero-order valence-corrected chi connectivity index (χ0v) is 17.9. The van der Waals surface area contributed by atoms with Crippen LogP contribution in [0.25, 0.3) is 11.4 Å². The topological polar surface area (TPSA) is 86.0 Å². The predicted octanol–water partition coefficient (Wildman–Crippen LogP) is 1.000. The van der Waals surface area contributed by atoms with Crippen LogP contribution in [0.4, 0.5) is 0 Å². The second-order valence-electron chi connectivity index (χ2n) is 7.40. The van der Waals surface area contributed by atoms with Gasteiger partial charge in [-0.1, -0.05) is 16.8 Å². The molecule has 0 atom stereocenters. The molecule has 0 bridgehead atoms. The molecule has 0 unspecified atom stereocenters. The van der Waals surface area contributed by atoms with Crippen molar-refractivity contribution in [1.82, 2.24) is 28.6 Å². The Balaban J connectivity index is 1.32. The number of rotatable bonds is 5. The highest BCUT2D eigenvalue weighted by Gasteiger charge is 2.34. The number of hydrogen-bond acceptors (Lipinski definition) is 7. The third-order valence-electron chi connectivity index (χ3n) is 5.38. The molecule has 0 N–H and O–H groups in total. The Bertz CT molecular complexity index is 919. The van der Waals surface area contributed by atoms with E-state index in [0.717, 1.165) is 18.7 Å². The van der Waals surface area contributed by atoms with E-state index in [4.69, 9.17) is 16.1 Å². The fourth-order valence-corrected chi connectivity index (χ4v) is 5.23. The molecule has 1 aromatic carbocycles. The Morgan fingerprint density at radius 2 is 1.55 bits per heavy atom. The zero-order valence-electron chi connectivity index (χ0n) is 16.4. The summed E-state index contributed by atoms with van der Waals surface area (Å²) in [6.07, 6.45) is 0. The van der Waals surface area contributed by atoms with Crippen LogP contribution < -0.4 is 0 Å². The van der Waals surface area contributed by atoms with Crippen LogP contribution in [0.1, 0.15) is 5.89 Å². The van der Waals surface area contributed by atoms with Crippen molar-refractivity contribution >= 4 is 21.8 Å². The van der Waals surface area contributed by atoms with Crippen LogP contribution in [0.2, 0.25) is 5.02 Å². The normalized spacial score (nSPS) is 20.9. The molecule has 0 saturated carbocycles. The third-order valence-corrected chi connectivity index (χ3v) is 7.66. The Morgan fingerprint density at radius 3 is 2.17 bits per heavy atom. The molecule has 2 saturated heterocycles. The maximum absolute atomic E-state index is 12.9. The molecule has 0 amide bonds. The molecule has 0 radical (unpaired) electrons. The van der Waals surface area contributed by atoms with Crippen molar-refractivity contribution in [1.29, 1.82) is 0 Å². The molecule has 2 aliphatic heterocycles. The van der Waals surface area contributed by atoms with Crippen LogP contribution in [0, 0.1) is 0 Å². The largest absolute Gasteiger partial charge is 0.338 e. The SMILES string of the molecule is CN1CCN(S(=O)(=O)N2CCN(Cc3nc(-c4ccc(Cl)cc4)no3)CC2)CC1. The van der Waals surface area contributed by atoms with E-state index in [1.54, 1.807) is 20.7 Å². The van der Waals surface area contributed by atoms with Gasteiger partial charge >= 0.3 is 0 Å². The van der Waals surface area contributed by atoms with E-state index in [1.165, 1.54) is 0 Å². The Labute approximate surface area is 176 Å². The van der Waals surface area contributed by atoms with E-state index in [9.17, 15) is 8.42 Å². The van der Waals surface area contributed by atoms with E-state index in [2.05, 4.69) is 19.9 Å². The van der Waals surface area contributed by atoms with Gasteiger partial charge in [0.1, 0.15) is 0 Å². The number of nitrogens with zero attached hydrogens (tertiary/aromatic N) is 6. The molecule has 0 spiro atoms. The molecule has 3 heterocycles. The highest BCUT2D eigenvalue weighted by molar-refractivity contribution is 7.86. The highest BCUT2D eigenvalue weighted by Crippen LogP contribution is 2.20. The fourth-order valence-electron chi connectivity index (χ4n) is 3.53.